The summed E-state index contributed by atoms with van der Waals surface area (Å²) in [4.78, 5) is 30.7. The van der Waals surface area contributed by atoms with Gasteiger partial charge in [0, 0.05) is 11.6 Å². The molecule has 0 heterocycles. The van der Waals surface area contributed by atoms with Gasteiger partial charge in [-0.25, -0.2) is 0 Å². The molecule has 9 heteroatoms. The second kappa shape index (κ2) is 4.73. The minimum Gasteiger partial charge on any atom is -0.298 e. The van der Waals surface area contributed by atoms with Crippen molar-refractivity contribution < 1.29 is 27.7 Å². The van der Waals surface area contributed by atoms with Gasteiger partial charge >= 0.3 is 6.18 Å². The number of halogens is 4. The van der Waals surface area contributed by atoms with E-state index in [1.807, 2.05) is 0 Å². The zero-order valence-corrected chi connectivity index (χ0v) is 9.08. The molecule has 0 bridgehead atoms. The SMILES string of the molecule is O=Cc1cc([N+](=O)[O-])c(C(=O)Cl)c(C(F)(F)F)c1. The summed E-state index contributed by atoms with van der Waals surface area (Å²) in [6, 6.07) is 0.882. The molecule has 5 nitrogen and oxygen atoms in total. The lowest BCUT2D eigenvalue weighted by atomic mass is 10.0. The molecule has 18 heavy (non-hydrogen) atoms. The third-order valence-corrected chi connectivity index (χ3v) is 2.16. The molecule has 0 aromatic heterocycles. The van der Waals surface area contributed by atoms with Crippen LogP contribution in [0.15, 0.2) is 12.1 Å². The van der Waals surface area contributed by atoms with Gasteiger partial charge in [0.15, 0.2) is 0 Å². The molecule has 0 fully saturated rings. The average Bonchev–Trinajstić information content (AvgIpc) is 2.25. The number of hydrogen-bond donors (Lipinski definition) is 0. The number of nitro groups is 1. The number of carbonyl (C=O) groups excluding carboxylic acids is 2. The fourth-order valence-corrected chi connectivity index (χ4v) is 1.49. The first-order chi connectivity index (χ1) is 8.18. The molecule has 1 rings (SSSR count). The van der Waals surface area contributed by atoms with Crippen LogP contribution in [0.2, 0.25) is 0 Å². The maximum atomic E-state index is 12.6. The highest BCUT2D eigenvalue weighted by molar-refractivity contribution is 6.68. The molecule has 0 aliphatic heterocycles. The molecule has 0 radical (unpaired) electrons. The molecule has 1 aromatic rings. The van der Waals surface area contributed by atoms with Crippen molar-refractivity contribution in [2.75, 3.05) is 0 Å². The molecule has 0 aliphatic rings. The van der Waals surface area contributed by atoms with Gasteiger partial charge < -0.3 is 0 Å². The molecule has 96 valence electrons. The van der Waals surface area contributed by atoms with Crippen LogP contribution in [0.1, 0.15) is 26.3 Å². The lowest BCUT2D eigenvalue weighted by Crippen LogP contribution is -2.14. The number of rotatable bonds is 3. The van der Waals surface area contributed by atoms with Crippen LogP contribution in [-0.2, 0) is 6.18 Å². The second-order valence-electron chi connectivity index (χ2n) is 3.11. The van der Waals surface area contributed by atoms with E-state index < -0.39 is 38.7 Å². The van der Waals surface area contributed by atoms with Crippen LogP contribution in [0.3, 0.4) is 0 Å². The van der Waals surface area contributed by atoms with Gasteiger partial charge in [0.05, 0.1) is 10.5 Å². The monoisotopic (exact) mass is 281 g/mol. The molecule has 0 N–H and O–H groups in total. The molecular weight excluding hydrogens is 279 g/mol. The Bertz CT molecular complexity index is 541. The number of nitrogens with zero attached hydrogens (tertiary/aromatic N) is 1. The topological polar surface area (TPSA) is 77.3 Å². The number of nitro benzene ring substituents is 1. The maximum Gasteiger partial charge on any atom is 0.417 e. The van der Waals surface area contributed by atoms with Gasteiger partial charge in [0.1, 0.15) is 11.8 Å². The summed E-state index contributed by atoms with van der Waals surface area (Å²) in [7, 11) is 0. The highest BCUT2D eigenvalue weighted by Crippen LogP contribution is 2.37. The third-order valence-electron chi connectivity index (χ3n) is 1.97. The van der Waals surface area contributed by atoms with E-state index >= 15 is 0 Å². The van der Waals surface area contributed by atoms with Crippen molar-refractivity contribution in [2.24, 2.45) is 0 Å². The number of aldehydes is 1. The summed E-state index contributed by atoms with van der Waals surface area (Å²) < 4.78 is 37.9. The van der Waals surface area contributed by atoms with Gasteiger partial charge in [0.2, 0.25) is 0 Å². The number of benzene rings is 1. The smallest absolute Gasteiger partial charge is 0.298 e. The van der Waals surface area contributed by atoms with Crippen LogP contribution in [0.4, 0.5) is 18.9 Å². The molecule has 0 saturated carbocycles. The molecule has 0 unspecified atom stereocenters. The van der Waals surface area contributed by atoms with Crippen molar-refractivity contribution in [1.29, 1.82) is 0 Å². The zero-order chi connectivity index (χ0) is 14.1. The van der Waals surface area contributed by atoms with Crippen molar-refractivity contribution in [1.82, 2.24) is 0 Å². The maximum absolute atomic E-state index is 12.6. The third kappa shape index (κ3) is 2.65. The molecule has 0 spiro atoms. The summed E-state index contributed by atoms with van der Waals surface area (Å²) in [5, 5.41) is 8.97. The molecule has 0 aliphatic carbocycles. The Kier molecular flexibility index (Phi) is 3.70. The van der Waals surface area contributed by atoms with E-state index in [4.69, 9.17) is 11.6 Å². The van der Waals surface area contributed by atoms with Gasteiger partial charge in [-0.2, -0.15) is 13.2 Å². The minimum atomic E-state index is -5.04. The number of hydrogen-bond acceptors (Lipinski definition) is 4. The van der Waals surface area contributed by atoms with Crippen molar-refractivity contribution in [3.05, 3.63) is 38.9 Å². The summed E-state index contributed by atoms with van der Waals surface area (Å²) in [6.45, 7) is 0. The molecular formula is C9H3ClF3NO4. The van der Waals surface area contributed by atoms with Gasteiger partial charge in [-0.3, -0.25) is 19.7 Å². The van der Waals surface area contributed by atoms with Crippen LogP contribution in [0.5, 0.6) is 0 Å². The van der Waals surface area contributed by atoms with E-state index in [-0.39, 0.29) is 6.29 Å². The van der Waals surface area contributed by atoms with Crippen molar-refractivity contribution in [3.63, 3.8) is 0 Å². The highest BCUT2D eigenvalue weighted by Gasteiger charge is 2.39. The molecule has 0 saturated heterocycles. The largest absolute Gasteiger partial charge is 0.417 e. The number of carbonyl (C=O) groups is 2. The Labute approximate surface area is 102 Å². The minimum absolute atomic E-state index is 0.00469. The normalized spacial score (nSPS) is 11.1. The lowest BCUT2D eigenvalue weighted by Gasteiger charge is -2.11. The summed E-state index contributed by atoms with van der Waals surface area (Å²) in [6.07, 6.45) is -5.03. The Morgan fingerprint density at radius 3 is 2.28 bits per heavy atom. The van der Waals surface area contributed by atoms with Gasteiger partial charge in [0.25, 0.3) is 10.9 Å². The van der Waals surface area contributed by atoms with Crippen LogP contribution >= 0.6 is 11.6 Å². The first-order valence-corrected chi connectivity index (χ1v) is 4.61. The average molecular weight is 282 g/mol. The van der Waals surface area contributed by atoms with E-state index in [1.54, 1.807) is 0 Å². The summed E-state index contributed by atoms with van der Waals surface area (Å²) >= 11 is 4.93. The van der Waals surface area contributed by atoms with Crippen LogP contribution < -0.4 is 0 Å². The van der Waals surface area contributed by atoms with Crippen LogP contribution in [0.25, 0.3) is 0 Å². The first kappa shape index (κ1) is 14.1. The van der Waals surface area contributed by atoms with Crippen LogP contribution in [0, 0.1) is 10.1 Å². The van der Waals surface area contributed by atoms with E-state index in [0.29, 0.717) is 12.1 Å². The second-order valence-corrected chi connectivity index (χ2v) is 3.45. The molecule has 0 amide bonds. The Balaban J connectivity index is 3.77. The van der Waals surface area contributed by atoms with E-state index in [2.05, 4.69) is 0 Å². The Morgan fingerprint density at radius 1 is 1.39 bits per heavy atom. The van der Waals surface area contributed by atoms with Crippen molar-refractivity contribution in [2.45, 2.75) is 6.18 Å². The number of alkyl halides is 3. The van der Waals surface area contributed by atoms with Gasteiger partial charge in [-0.1, -0.05) is 0 Å². The molecule has 1 aromatic carbocycles. The zero-order valence-electron chi connectivity index (χ0n) is 8.32. The Morgan fingerprint density at radius 2 is 1.94 bits per heavy atom. The van der Waals surface area contributed by atoms with Crippen LogP contribution in [-0.4, -0.2) is 16.5 Å². The Hall–Kier alpha value is -1.96. The first-order valence-electron chi connectivity index (χ1n) is 4.23. The quantitative estimate of drug-likeness (QED) is 0.369. The predicted octanol–water partition coefficient (Wildman–Crippen LogP) is 2.81. The predicted molar refractivity (Wildman–Crippen MR) is 53.7 cm³/mol. The van der Waals surface area contributed by atoms with E-state index in [9.17, 15) is 32.9 Å². The van der Waals surface area contributed by atoms with Gasteiger partial charge in [-0.05, 0) is 17.7 Å². The highest BCUT2D eigenvalue weighted by atomic mass is 35.5. The standard InChI is InChI=1S/C9H3ClF3NO4/c10-8(16)7-5(9(11,12)13)1-4(3-15)2-6(7)14(17)18/h1-3H. The van der Waals surface area contributed by atoms with Crippen molar-refractivity contribution in [3.8, 4) is 0 Å². The fraction of sp³-hybridized carbons (Fsp3) is 0.111. The summed E-state index contributed by atoms with van der Waals surface area (Å²) in [5.74, 6) is 0. The van der Waals surface area contributed by atoms with Gasteiger partial charge in [-0.15, -0.1) is 0 Å². The fourth-order valence-electron chi connectivity index (χ4n) is 1.29. The van der Waals surface area contributed by atoms with E-state index in [0.717, 1.165) is 0 Å². The van der Waals surface area contributed by atoms with Crippen molar-refractivity contribution >= 4 is 28.8 Å². The van der Waals surface area contributed by atoms with E-state index in [1.165, 1.54) is 0 Å². The molecule has 0 atom stereocenters. The lowest BCUT2D eigenvalue weighted by molar-refractivity contribution is -0.385. The summed E-state index contributed by atoms with van der Waals surface area (Å²) in [5.41, 5.74) is -4.62.